The first-order chi connectivity index (χ1) is 9.90. The summed E-state index contributed by atoms with van der Waals surface area (Å²) in [4.78, 5) is 0. The van der Waals surface area contributed by atoms with E-state index in [1.165, 1.54) is 56.9 Å². The molecule has 0 saturated heterocycles. The van der Waals surface area contributed by atoms with E-state index in [-0.39, 0.29) is 0 Å². The highest BCUT2D eigenvalue weighted by Crippen LogP contribution is 2.32. The third kappa shape index (κ3) is 4.92. The van der Waals surface area contributed by atoms with Crippen LogP contribution in [-0.2, 0) is 0 Å². The van der Waals surface area contributed by atoms with Crippen LogP contribution in [0.5, 0.6) is 11.5 Å². The van der Waals surface area contributed by atoms with Gasteiger partial charge in [0.2, 0.25) is 6.79 Å². The van der Waals surface area contributed by atoms with Crippen LogP contribution < -0.4 is 9.47 Å². The average molecular weight is 274 g/mol. The highest BCUT2D eigenvalue weighted by Gasteiger charge is 2.11. The molecular weight excluding hydrogens is 248 g/mol. The summed E-state index contributed by atoms with van der Waals surface area (Å²) in [5, 5.41) is 0. The van der Waals surface area contributed by atoms with Gasteiger partial charge in [-0.15, -0.1) is 0 Å². The van der Waals surface area contributed by atoms with Crippen molar-refractivity contribution >= 4 is 6.08 Å². The van der Waals surface area contributed by atoms with Crippen LogP contribution in [0.25, 0.3) is 6.08 Å². The molecule has 1 heterocycles. The Morgan fingerprint density at radius 2 is 1.70 bits per heavy atom. The molecule has 0 bridgehead atoms. The summed E-state index contributed by atoms with van der Waals surface area (Å²) < 4.78 is 10.7. The Hall–Kier alpha value is -1.44. The van der Waals surface area contributed by atoms with Gasteiger partial charge in [0.05, 0.1) is 0 Å². The highest BCUT2D eigenvalue weighted by molar-refractivity contribution is 5.56. The number of benzene rings is 1. The molecule has 110 valence electrons. The predicted octanol–water partition coefficient (Wildman–Crippen LogP) is 5.57. The third-order valence-electron chi connectivity index (χ3n) is 3.68. The molecule has 0 fully saturated rings. The van der Waals surface area contributed by atoms with Crippen molar-refractivity contribution in [3.05, 3.63) is 29.8 Å². The predicted molar refractivity (Wildman–Crippen MR) is 84.2 cm³/mol. The summed E-state index contributed by atoms with van der Waals surface area (Å²) in [6, 6.07) is 6.11. The van der Waals surface area contributed by atoms with Gasteiger partial charge >= 0.3 is 0 Å². The van der Waals surface area contributed by atoms with E-state index in [1.54, 1.807) is 0 Å². The van der Waals surface area contributed by atoms with Crippen molar-refractivity contribution < 1.29 is 9.47 Å². The van der Waals surface area contributed by atoms with E-state index in [4.69, 9.17) is 9.47 Å². The lowest BCUT2D eigenvalue weighted by Gasteiger charge is -1.99. The molecule has 0 spiro atoms. The molecule has 1 aromatic carbocycles. The van der Waals surface area contributed by atoms with Crippen LogP contribution in [0.15, 0.2) is 24.3 Å². The van der Waals surface area contributed by atoms with Gasteiger partial charge in [-0.1, -0.05) is 63.7 Å². The fourth-order valence-electron chi connectivity index (χ4n) is 2.46. The number of fused-ring (bicyclic) bond motifs is 1. The smallest absolute Gasteiger partial charge is 0.231 e. The first kappa shape index (κ1) is 15.0. The van der Waals surface area contributed by atoms with Gasteiger partial charge in [0.15, 0.2) is 11.5 Å². The summed E-state index contributed by atoms with van der Waals surface area (Å²) >= 11 is 0. The van der Waals surface area contributed by atoms with E-state index in [1.807, 2.05) is 12.1 Å². The molecule has 0 aliphatic carbocycles. The number of allylic oxidation sites excluding steroid dienone is 1. The molecule has 0 N–H and O–H groups in total. The second-order valence-electron chi connectivity index (χ2n) is 5.43. The molecule has 20 heavy (non-hydrogen) atoms. The molecule has 0 amide bonds. The summed E-state index contributed by atoms with van der Waals surface area (Å²) in [5.41, 5.74) is 1.19. The van der Waals surface area contributed by atoms with Crippen LogP contribution >= 0.6 is 0 Å². The van der Waals surface area contributed by atoms with Gasteiger partial charge < -0.3 is 9.47 Å². The quantitative estimate of drug-likeness (QED) is 0.548. The first-order valence-electron chi connectivity index (χ1n) is 7.96. The van der Waals surface area contributed by atoms with E-state index in [2.05, 4.69) is 25.1 Å². The maximum absolute atomic E-state index is 5.37. The van der Waals surface area contributed by atoms with Crippen molar-refractivity contribution in [3.8, 4) is 11.5 Å². The Balaban J connectivity index is 1.59. The third-order valence-corrected chi connectivity index (χ3v) is 3.68. The van der Waals surface area contributed by atoms with Crippen LogP contribution in [0.2, 0.25) is 0 Å². The van der Waals surface area contributed by atoms with E-state index in [0.717, 1.165) is 11.5 Å². The minimum absolute atomic E-state index is 0.348. The van der Waals surface area contributed by atoms with Crippen LogP contribution in [-0.4, -0.2) is 6.79 Å². The van der Waals surface area contributed by atoms with Gasteiger partial charge in [-0.25, -0.2) is 0 Å². The van der Waals surface area contributed by atoms with E-state index >= 15 is 0 Å². The van der Waals surface area contributed by atoms with Crippen molar-refractivity contribution in [3.63, 3.8) is 0 Å². The molecule has 2 nitrogen and oxygen atoms in total. The lowest BCUT2D eigenvalue weighted by molar-refractivity contribution is 0.174. The van der Waals surface area contributed by atoms with E-state index in [9.17, 15) is 0 Å². The molecule has 0 atom stereocenters. The largest absolute Gasteiger partial charge is 0.454 e. The van der Waals surface area contributed by atoms with E-state index in [0.29, 0.717) is 6.79 Å². The van der Waals surface area contributed by atoms with Crippen molar-refractivity contribution in [2.45, 2.75) is 58.3 Å². The Morgan fingerprint density at radius 3 is 2.55 bits per heavy atom. The lowest BCUT2D eigenvalue weighted by Crippen LogP contribution is -1.92. The Morgan fingerprint density at radius 1 is 0.950 bits per heavy atom. The van der Waals surface area contributed by atoms with Crippen molar-refractivity contribution in [2.75, 3.05) is 6.79 Å². The summed E-state index contributed by atoms with van der Waals surface area (Å²) in [6.45, 7) is 2.61. The number of hydrogen-bond donors (Lipinski definition) is 0. The second-order valence-corrected chi connectivity index (χ2v) is 5.43. The topological polar surface area (TPSA) is 18.5 Å². The summed E-state index contributed by atoms with van der Waals surface area (Å²) in [5.74, 6) is 1.72. The molecule has 2 rings (SSSR count). The molecule has 2 heteroatoms. The van der Waals surface area contributed by atoms with Gasteiger partial charge in [-0.05, 0) is 30.5 Å². The zero-order chi connectivity index (χ0) is 14.0. The van der Waals surface area contributed by atoms with Crippen molar-refractivity contribution in [1.29, 1.82) is 0 Å². The maximum Gasteiger partial charge on any atom is 0.231 e. The zero-order valence-electron chi connectivity index (χ0n) is 12.6. The SMILES string of the molecule is CCCCCCCCCC=Cc1ccc2c(c1)OCO2. The highest BCUT2D eigenvalue weighted by atomic mass is 16.7. The zero-order valence-corrected chi connectivity index (χ0v) is 12.6. The van der Waals surface area contributed by atoms with Crippen LogP contribution in [0, 0.1) is 0 Å². The molecule has 1 aliphatic rings. The molecule has 0 saturated carbocycles. The fraction of sp³-hybridized carbons (Fsp3) is 0.556. The van der Waals surface area contributed by atoms with Gasteiger partial charge in [0, 0.05) is 0 Å². The van der Waals surface area contributed by atoms with Crippen LogP contribution in [0.1, 0.15) is 63.9 Å². The minimum atomic E-state index is 0.348. The van der Waals surface area contributed by atoms with Gasteiger partial charge in [-0.3, -0.25) is 0 Å². The second kappa shape index (κ2) is 8.68. The average Bonchev–Trinajstić information content (AvgIpc) is 2.93. The molecule has 1 aliphatic heterocycles. The van der Waals surface area contributed by atoms with Gasteiger partial charge in [0.1, 0.15) is 0 Å². The summed E-state index contributed by atoms with van der Waals surface area (Å²) in [7, 11) is 0. The van der Waals surface area contributed by atoms with Gasteiger partial charge in [0.25, 0.3) is 0 Å². The fourth-order valence-corrected chi connectivity index (χ4v) is 2.46. The lowest BCUT2D eigenvalue weighted by atomic mass is 10.1. The molecule has 0 radical (unpaired) electrons. The van der Waals surface area contributed by atoms with Crippen molar-refractivity contribution in [1.82, 2.24) is 0 Å². The Kier molecular flexibility index (Phi) is 6.49. The molecule has 1 aromatic rings. The summed E-state index contributed by atoms with van der Waals surface area (Å²) in [6.07, 6.45) is 15.2. The van der Waals surface area contributed by atoms with Crippen LogP contribution in [0.4, 0.5) is 0 Å². The Bertz CT molecular complexity index is 423. The number of unbranched alkanes of at least 4 members (excludes halogenated alkanes) is 7. The molecular formula is C18H26O2. The monoisotopic (exact) mass is 274 g/mol. The minimum Gasteiger partial charge on any atom is -0.454 e. The maximum atomic E-state index is 5.37. The molecule has 0 unspecified atom stereocenters. The normalized spacial score (nSPS) is 13.2. The van der Waals surface area contributed by atoms with Crippen molar-refractivity contribution in [2.24, 2.45) is 0 Å². The number of rotatable bonds is 9. The number of ether oxygens (including phenoxy) is 2. The van der Waals surface area contributed by atoms with Gasteiger partial charge in [-0.2, -0.15) is 0 Å². The van der Waals surface area contributed by atoms with E-state index < -0.39 is 0 Å². The Labute approximate surface area is 122 Å². The molecule has 0 aromatic heterocycles. The van der Waals surface area contributed by atoms with Crippen LogP contribution in [0.3, 0.4) is 0 Å². The number of hydrogen-bond acceptors (Lipinski definition) is 2. The standard InChI is InChI=1S/C18H26O2/c1-2-3-4-5-6-7-8-9-10-11-16-12-13-17-18(14-16)20-15-19-17/h10-14H,2-9,15H2,1H3. The first-order valence-corrected chi connectivity index (χ1v) is 7.96.